The van der Waals surface area contributed by atoms with Crippen LogP contribution >= 0.6 is 11.6 Å². The second-order valence-corrected chi connectivity index (χ2v) is 5.84. The first kappa shape index (κ1) is 15.4. The van der Waals surface area contributed by atoms with Crippen molar-refractivity contribution in [3.05, 3.63) is 76.8 Å². The highest BCUT2D eigenvalue weighted by Crippen LogP contribution is 2.36. The van der Waals surface area contributed by atoms with Crippen molar-refractivity contribution in [3.8, 4) is 5.75 Å². The van der Waals surface area contributed by atoms with Crippen molar-refractivity contribution in [3.63, 3.8) is 0 Å². The molecule has 23 heavy (non-hydrogen) atoms. The second-order valence-electron chi connectivity index (χ2n) is 5.40. The van der Waals surface area contributed by atoms with Crippen LogP contribution in [0.5, 0.6) is 5.75 Å². The fourth-order valence-electron chi connectivity index (χ4n) is 2.77. The van der Waals surface area contributed by atoms with Crippen LogP contribution in [0.25, 0.3) is 10.8 Å². The van der Waals surface area contributed by atoms with Gasteiger partial charge in [-0.1, -0.05) is 54.1 Å². The van der Waals surface area contributed by atoms with Crippen molar-refractivity contribution in [2.75, 3.05) is 0 Å². The van der Waals surface area contributed by atoms with Crippen LogP contribution < -0.4 is 5.32 Å². The number of nitrogens with one attached hydrogen (secondary N) is 1. The average Bonchev–Trinajstić information content (AvgIpc) is 2.54. The molecule has 0 aliphatic rings. The van der Waals surface area contributed by atoms with Gasteiger partial charge in [-0.3, -0.25) is 4.79 Å². The van der Waals surface area contributed by atoms with Gasteiger partial charge in [0.25, 0.3) is 0 Å². The number of carbonyl (C=O) groups is 1. The lowest BCUT2D eigenvalue weighted by Gasteiger charge is -2.22. The summed E-state index contributed by atoms with van der Waals surface area (Å²) < 4.78 is 0. The monoisotopic (exact) mass is 325 g/mol. The number of fused-ring (bicyclic) bond motifs is 1. The van der Waals surface area contributed by atoms with E-state index in [1.165, 1.54) is 6.92 Å². The van der Waals surface area contributed by atoms with Gasteiger partial charge in [-0.05, 0) is 34.5 Å². The van der Waals surface area contributed by atoms with Crippen molar-refractivity contribution >= 4 is 28.3 Å². The minimum Gasteiger partial charge on any atom is -0.508 e. The molecule has 0 bridgehead atoms. The highest BCUT2D eigenvalue weighted by Gasteiger charge is 2.21. The van der Waals surface area contributed by atoms with E-state index < -0.39 is 6.04 Å². The minimum atomic E-state index is -0.448. The number of halogens is 1. The molecular formula is C19H16ClNO2. The third-order valence-corrected chi connectivity index (χ3v) is 4.04. The SMILES string of the molecule is CC(=O)NC(c1ccc(Cl)cc1)c1c(O)ccc2ccccc12. The Morgan fingerprint density at radius 2 is 1.74 bits per heavy atom. The largest absolute Gasteiger partial charge is 0.508 e. The van der Waals surface area contributed by atoms with Gasteiger partial charge in [0.15, 0.2) is 0 Å². The van der Waals surface area contributed by atoms with Crippen LogP contribution in [0.3, 0.4) is 0 Å². The number of phenolic OH excluding ortho intramolecular Hbond substituents is 1. The van der Waals surface area contributed by atoms with E-state index in [1.807, 2.05) is 42.5 Å². The number of benzene rings is 3. The molecular weight excluding hydrogens is 310 g/mol. The Labute approximate surface area is 139 Å². The normalized spacial score (nSPS) is 12.1. The molecule has 4 heteroatoms. The van der Waals surface area contributed by atoms with Gasteiger partial charge in [0.1, 0.15) is 5.75 Å². The van der Waals surface area contributed by atoms with Crippen molar-refractivity contribution in [2.24, 2.45) is 0 Å². The van der Waals surface area contributed by atoms with E-state index in [0.29, 0.717) is 10.6 Å². The van der Waals surface area contributed by atoms with E-state index in [2.05, 4.69) is 5.32 Å². The van der Waals surface area contributed by atoms with Crippen LogP contribution in [-0.4, -0.2) is 11.0 Å². The minimum absolute atomic E-state index is 0.150. The second kappa shape index (κ2) is 6.31. The molecule has 0 aliphatic heterocycles. The third-order valence-electron chi connectivity index (χ3n) is 3.79. The molecule has 2 N–H and O–H groups in total. The van der Waals surface area contributed by atoms with Crippen LogP contribution in [0, 0.1) is 0 Å². The molecule has 0 saturated heterocycles. The predicted octanol–water partition coefficient (Wildman–Crippen LogP) is 4.42. The Balaban J connectivity index is 2.22. The highest BCUT2D eigenvalue weighted by atomic mass is 35.5. The van der Waals surface area contributed by atoms with E-state index in [0.717, 1.165) is 16.3 Å². The summed E-state index contributed by atoms with van der Waals surface area (Å²) >= 11 is 5.96. The van der Waals surface area contributed by atoms with E-state index in [1.54, 1.807) is 18.2 Å². The highest BCUT2D eigenvalue weighted by molar-refractivity contribution is 6.30. The predicted molar refractivity (Wildman–Crippen MR) is 92.7 cm³/mol. The van der Waals surface area contributed by atoms with Crippen molar-refractivity contribution in [1.82, 2.24) is 5.32 Å². The Morgan fingerprint density at radius 1 is 1.04 bits per heavy atom. The maximum Gasteiger partial charge on any atom is 0.217 e. The van der Waals surface area contributed by atoms with Crippen LogP contribution in [0.15, 0.2) is 60.7 Å². The topological polar surface area (TPSA) is 49.3 Å². The summed E-state index contributed by atoms with van der Waals surface area (Å²) in [6.07, 6.45) is 0. The molecule has 116 valence electrons. The smallest absolute Gasteiger partial charge is 0.217 e. The maximum atomic E-state index is 11.7. The molecule has 0 saturated carbocycles. The summed E-state index contributed by atoms with van der Waals surface area (Å²) in [6.45, 7) is 1.46. The summed E-state index contributed by atoms with van der Waals surface area (Å²) in [5, 5.41) is 15.9. The fourth-order valence-corrected chi connectivity index (χ4v) is 2.89. The molecule has 0 aromatic heterocycles. The first-order valence-corrected chi connectivity index (χ1v) is 7.67. The lowest BCUT2D eigenvalue weighted by Crippen LogP contribution is -2.27. The van der Waals surface area contributed by atoms with Gasteiger partial charge in [0.2, 0.25) is 5.91 Å². The summed E-state index contributed by atoms with van der Waals surface area (Å²) in [6, 6.07) is 18.1. The molecule has 0 heterocycles. The van der Waals surface area contributed by atoms with Crippen molar-refractivity contribution in [2.45, 2.75) is 13.0 Å². The van der Waals surface area contributed by atoms with E-state index >= 15 is 0 Å². The molecule has 3 aromatic carbocycles. The first-order chi connectivity index (χ1) is 11.1. The molecule has 1 atom stereocenters. The molecule has 0 radical (unpaired) electrons. The van der Waals surface area contributed by atoms with E-state index in [-0.39, 0.29) is 11.7 Å². The standard InChI is InChI=1S/C19H16ClNO2/c1-12(22)21-19(14-6-9-15(20)10-7-14)18-16-5-3-2-4-13(16)8-11-17(18)23/h2-11,19,23H,1H3,(H,21,22). The molecule has 0 aliphatic carbocycles. The number of hydrogen-bond donors (Lipinski definition) is 2. The fraction of sp³-hybridized carbons (Fsp3) is 0.105. The summed E-state index contributed by atoms with van der Waals surface area (Å²) in [7, 11) is 0. The van der Waals surface area contributed by atoms with Crippen LogP contribution in [0.2, 0.25) is 5.02 Å². The molecule has 0 fully saturated rings. The number of phenols is 1. The van der Waals surface area contributed by atoms with Crippen molar-refractivity contribution in [1.29, 1.82) is 0 Å². The molecule has 3 nitrogen and oxygen atoms in total. The molecule has 0 spiro atoms. The summed E-state index contributed by atoms with van der Waals surface area (Å²) in [4.78, 5) is 11.7. The number of amides is 1. The quantitative estimate of drug-likeness (QED) is 0.748. The van der Waals surface area contributed by atoms with Gasteiger partial charge in [-0.2, -0.15) is 0 Å². The van der Waals surface area contributed by atoms with Gasteiger partial charge in [-0.15, -0.1) is 0 Å². The molecule has 3 rings (SSSR count). The van der Waals surface area contributed by atoms with Gasteiger partial charge in [-0.25, -0.2) is 0 Å². The number of aromatic hydroxyl groups is 1. The van der Waals surface area contributed by atoms with Gasteiger partial charge < -0.3 is 10.4 Å². The summed E-state index contributed by atoms with van der Waals surface area (Å²) in [5.74, 6) is -0.0188. The Bertz CT molecular complexity index is 859. The third kappa shape index (κ3) is 3.15. The van der Waals surface area contributed by atoms with E-state index in [4.69, 9.17) is 11.6 Å². The van der Waals surface area contributed by atoms with Crippen LogP contribution in [0.4, 0.5) is 0 Å². The Morgan fingerprint density at radius 3 is 2.43 bits per heavy atom. The van der Waals surface area contributed by atoms with Crippen LogP contribution in [-0.2, 0) is 4.79 Å². The lowest BCUT2D eigenvalue weighted by molar-refractivity contribution is -0.119. The number of carbonyl (C=O) groups excluding carboxylic acids is 1. The van der Waals surface area contributed by atoms with Gasteiger partial charge >= 0.3 is 0 Å². The summed E-state index contributed by atoms with van der Waals surface area (Å²) in [5.41, 5.74) is 1.54. The molecule has 1 amide bonds. The number of rotatable bonds is 3. The van der Waals surface area contributed by atoms with Gasteiger partial charge in [0.05, 0.1) is 6.04 Å². The first-order valence-electron chi connectivity index (χ1n) is 7.29. The molecule has 1 unspecified atom stereocenters. The molecule has 3 aromatic rings. The number of hydrogen-bond acceptors (Lipinski definition) is 2. The Hall–Kier alpha value is -2.52. The average molecular weight is 326 g/mol. The Kier molecular flexibility index (Phi) is 4.22. The lowest BCUT2D eigenvalue weighted by atomic mass is 9.92. The zero-order chi connectivity index (χ0) is 16.4. The zero-order valence-corrected chi connectivity index (χ0v) is 13.3. The maximum absolute atomic E-state index is 11.7. The zero-order valence-electron chi connectivity index (χ0n) is 12.6. The van der Waals surface area contributed by atoms with Gasteiger partial charge in [0, 0.05) is 17.5 Å². The van der Waals surface area contributed by atoms with E-state index in [9.17, 15) is 9.90 Å². The van der Waals surface area contributed by atoms with Crippen LogP contribution in [0.1, 0.15) is 24.1 Å². The van der Waals surface area contributed by atoms with Crippen molar-refractivity contribution < 1.29 is 9.90 Å².